The lowest BCUT2D eigenvalue weighted by atomic mass is 9.61. The summed E-state index contributed by atoms with van der Waals surface area (Å²) in [7, 11) is 0. The number of hydrogen-bond acceptors (Lipinski definition) is 5. The van der Waals surface area contributed by atoms with Crippen LogP contribution in [0.1, 0.15) is 71.2 Å². The van der Waals surface area contributed by atoms with Crippen molar-refractivity contribution in [3.8, 4) is 22.6 Å². The largest absolute Gasteiger partial charge is 0.328 e. The van der Waals surface area contributed by atoms with Gasteiger partial charge in [0.05, 0.1) is 12.2 Å². The van der Waals surface area contributed by atoms with Gasteiger partial charge >= 0.3 is 5.69 Å². The highest BCUT2D eigenvalue weighted by molar-refractivity contribution is 5.78. The molecule has 38 heavy (non-hydrogen) atoms. The Balaban J connectivity index is 1.45. The van der Waals surface area contributed by atoms with Gasteiger partial charge in [0, 0.05) is 35.3 Å². The van der Waals surface area contributed by atoms with E-state index in [1.165, 1.54) is 6.42 Å². The molecule has 0 radical (unpaired) electrons. The van der Waals surface area contributed by atoms with Crippen molar-refractivity contribution in [1.29, 1.82) is 0 Å². The number of pyridine rings is 1. The van der Waals surface area contributed by atoms with E-state index in [0.717, 1.165) is 47.3 Å². The molecule has 1 aliphatic carbocycles. The summed E-state index contributed by atoms with van der Waals surface area (Å²) in [5.74, 6) is 2.84. The van der Waals surface area contributed by atoms with Gasteiger partial charge in [-0.15, -0.1) is 5.10 Å². The third kappa shape index (κ3) is 4.96. The predicted octanol–water partition coefficient (Wildman–Crippen LogP) is 5.77. The Morgan fingerprint density at radius 2 is 1.76 bits per heavy atom. The van der Waals surface area contributed by atoms with E-state index in [0.29, 0.717) is 36.0 Å². The molecule has 2 atom stereocenters. The van der Waals surface area contributed by atoms with Gasteiger partial charge in [0.2, 0.25) is 0 Å². The zero-order chi connectivity index (χ0) is 26.8. The molecule has 8 nitrogen and oxygen atoms in total. The van der Waals surface area contributed by atoms with Crippen LogP contribution in [0, 0.1) is 23.7 Å². The summed E-state index contributed by atoms with van der Waals surface area (Å²) >= 11 is 0. The highest BCUT2D eigenvalue weighted by Crippen LogP contribution is 2.51. The molecule has 1 N–H and O–H groups in total. The van der Waals surface area contributed by atoms with Gasteiger partial charge < -0.3 is 0 Å². The number of unbranched alkanes of at least 4 members (excludes halogenated alkanes) is 1. The van der Waals surface area contributed by atoms with Crippen LogP contribution in [-0.2, 0) is 13.0 Å². The maximum atomic E-state index is 13.9. The number of benzene rings is 1. The number of nitrogens with zero attached hydrogens (tertiary/aromatic N) is 6. The van der Waals surface area contributed by atoms with Crippen molar-refractivity contribution in [3.63, 3.8) is 0 Å². The van der Waals surface area contributed by atoms with Crippen molar-refractivity contribution < 1.29 is 0 Å². The molecule has 1 aromatic carbocycles. The fourth-order valence-corrected chi connectivity index (χ4v) is 5.99. The van der Waals surface area contributed by atoms with E-state index in [1.807, 2.05) is 41.1 Å². The normalized spacial score (nSPS) is 19.3. The summed E-state index contributed by atoms with van der Waals surface area (Å²) in [5.41, 5.74) is 4.94. The van der Waals surface area contributed by atoms with Gasteiger partial charge in [-0.3, -0.25) is 14.1 Å². The molecule has 1 fully saturated rings. The summed E-state index contributed by atoms with van der Waals surface area (Å²) in [6, 6.07) is 12.3. The number of imidazole rings is 1. The molecule has 0 aliphatic heterocycles. The fraction of sp³-hybridized carbons (Fsp3) is 0.500. The van der Waals surface area contributed by atoms with E-state index in [9.17, 15) is 4.79 Å². The number of rotatable bonds is 10. The van der Waals surface area contributed by atoms with Crippen LogP contribution >= 0.6 is 0 Å². The summed E-state index contributed by atoms with van der Waals surface area (Å²) < 4.78 is 4.06. The van der Waals surface area contributed by atoms with E-state index in [-0.39, 0.29) is 11.7 Å². The third-order valence-electron chi connectivity index (χ3n) is 8.30. The fourth-order valence-electron chi connectivity index (χ4n) is 5.99. The Morgan fingerprint density at radius 3 is 2.37 bits per heavy atom. The Bertz CT molecular complexity index is 1390. The molecular weight excluding hydrogens is 474 g/mol. The molecule has 3 heterocycles. The van der Waals surface area contributed by atoms with E-state index < -0.39 is 0 Å². The molecule has 5 rings (SSSR count). The summed E-state index contributed by atoms with van der Waals surface area (Å²) in [5, 5.41) is 14.3. The zero-order valence-electron chi connectivity index (χ0n) is 23.1. The summed E-state index contributed by atoms with van der Waals surface area (Å²) in [6.45, 7) is 11.9. The van der Waals surface area contributed by atoms with Crippen LogP contribution in [-0.4, -0.2) is 34.7 Å². The molecule has 0 saturated heterocycles. The standard InChI is InChI=1S/C30H39N7O/c1-6-7-10-22-18-37(28-25(19(2)3)15-26(28)20(4)5)30(38)36(22)17-21-13-14-27(31-16-21)23-11-8-9-12-24(23)29-32-34-35-33-29/h8-9,11-14,16,18-20,25-26,28H,6-7,10,15,17H2,1-5H3,(H,32,33,34,35). The van der Waals surface area contributed by atoms with Crippen LogP contribution < -0.4 is 5.69 Å². The Hall–Kier alpha value is -3.55. The van der Waals surface area contributed by atoms with Crippen molar-refractivity contribution in [2.45, 2.75) is 72.9 Å². The Labute approximate surface area is 224 Å². The van der Waals surface area contributed by atoms with Crippen molar-refractivity contribution in [3.05, 3.63) is 70.5 Å². The third-order valence-corrected chi connectivity index (χ3v) is 8.30. The zero-order valence-corrected chi connectivity index (χ0v) is 23.1. The lowest BCUT2D eigenvalue weighted by Gasteiger charge is -2.49. The van der Waals surface area contributed by atoms with Gasteiger partial charge in [0.25, 0.3) is 0 Å². The number of hydrogen-bond donors (Lipinski definition) is 1. The van der Waals surface area contributed by atoms with Crippen LogP contribution in [0.25, 0.3) is 22.6 Å². The second kappa shape index (κ2) is 11.1. The van der Waals surface area contributed by atoms with E-state index in [2.05, 4.69) is 72.1 Å². The highest BCUT2D eigenvalue weighted by atomic mass is 16.1. The van der Waals surface area contributed by atoms with E-state index >= 15 is 0 Å². The first kappa shape index (κ1) is 26.1. The molecule has 200 valence electrons. The number of aromatic nitrogens is 7. The number of H-pyrrole nitrogens is 1. The first-order chi connectivity index (χ1) is 18.4. The lowest BCUT2D eigenvalue weighted by Crippen LogP contribution is -2.47. The molecule has 0 amide bonds. The van der Waals surface area contributed by atoms with Gasteiger partial charge in [0.1, 0.15) is 0 Å². The van der Waals surface area contributed by atoms with E-state index in [4.69, 9.17) is 4.98 Å². The first-order valence-electron chi connectivity index (χ1n) is 14.0. The summed E-state index contributed by atoms with van der Waals surface area (Å²) in [4.78, 5) is 18.6. The topological polar surface area (TPSA) is 94.3 Å². The molecular formula is C30H39N7O. The minimum absolute atomic E-state index is 0.115. The number of nitrogens with one attached hydrogen (secondary N) is 1. The molecule has 0 spiro atoms. The second-order valence-corrected chi connectivity index (χ2v) is 11.4. The van der Waals surface area contributed by atoms with Crippen LogP contribution in [0.4, 0.5) is 0 Å². The predicted molar refractivity (Wildman–Crippen MR) is 150 cm³/mol. The van der Waals surface area contributed by atoms with Gasteiger partial charge in [-0.05, 0) is 65.0 Å². The average Bonchev–Trinajstić information content (AvgIpc) is 3.52. The SMILES string of the molecule is CCCCc1cn(C2C(C(C)C)CC2C(C)C)c(=O)n1Cc1ccc(-c2ccccc2-c2nnn[nH]2)nc1. The van der Waals surface area contributed by atoms with Gasteiger partial charge in [-0.25, -0.2) is 9.89 Å². The van der Waals surface area contributed by atoms with Gasteiger partial charge in [-0.2, -0.15) is 0 Å². The van der Waals surface area contributed by atoms with Crippen molar-refractivity contribution in [2.24, 2.45) is 23.7 Å². The number of aromatic amines is 1. The van der Waals surface area contributed by atoms with Crippen LogP contribution in [0.15, 0.2) is 53.6 Å². The van der Waals surface area contributed by atoms with Gasteiger partial charge in [-0.1, -0.05) is 71.4 Å². The Kier molecular flexibility index (Phi) is 7.58. The molecule has 1 aliphatic rings. The lowest BCUT2D eigenvalue weighted by molar-refractivity contribution is 0.0119. The van der Waals surface area contributed by atoms with Crippen molar-refractivity contribution >= 4 is 0 Å². The van der Waals surface area contributed by atoms with Crippen LogP contribution in [0.5, 0.6) is 0 Å². The quantitative estimate of drug-likeness (QED) is 0.290. The van der Waals surface area contributed by atoms with Crippen LogP contribution in [0.2, 0.25) is 0 Å². The van der Waals surface area contributed by atoms with E-state index in [1.54, 1.807) is 0 Å². The summed E-state index contributed by atoms with van der Waals surface area (Å²) in [6.07, 6.45) is 8.33. The molecule has 4 aromatic rings. The minimum Gasteiger partial charge on any atom is -0.295 e. The smallest absolute Gasteiger partial charge is 0.295 e. The monoisotopic (exact) mass is 513 g/mol. The number of tetrazole rings is 1. The molecule has 2 unspecified atom stereocenters. The molecule has 1 saturated carbocycles. The Morgan fingerprint density at radius 1 is 1.03 bits per heavy atom. The highest BCUT2D eigenvalue weighted by Gasteiger charge is 2.45. The van der Waals surface area contributed by atoms with Crippen molar-refractivity contribution in [2.75, 3.05) is 0 Å². The maximum absolute atomic E-state index is 13.9. The van der Waals surface area contributed by atoms with Crippen molar-refractivity contribution in [1.82, 2.24) is 34.7 Å². The molecule has 0 bridgehead atoms. The molecule has 3 aromatic heterocycles. The second-order valence-electron chi connectivity index (χ2n) is 11.4. The maximum Gasteiger partial charge on any atom is 0.328 e. The number of aryl methyl sites for hydroxylation is 1. The van der Waals surface area contributed by atoms with Gasteiger partial charge in [0.15, 0.2) is 5.82 Å². The minimum atomic E-state index is 0.115. The molecule has 8 heteroatoms. The average molecular weight is 514 g/mol. The van der Waals surface area contributed by atoms with Crippen LogP contribution in [0.3, 0.4) is 0 Å². The first-order valence-corrected chi connectivity index (χ1v) is 14.0.